The number of hydrogen-bond acceptors (Lipinski definition) is 2. The summed E-state index contributed by atoms with van der Waals surface area (Å²) in [6.07, 6.45) is 9.19. The van der Waals surface area contributed by atoms with E-state index in [0.29, 0.717) is 12.1 Å². The average molecular weight is 213 g/mol. The van der Waals surface area contributed by atoms with Gasteiger partial charge in [0.05, 0.1) is 6.10 Å². The number of hydrogen-bond donors (Lipinski definition) is 1. The number of rotatable bonds is 6. The van der Waals surface area contributed by atoms with Crippen molar-refractivity contribution in [3.8, 4) is 0 Å². The molecule has 1 aliphatic rings. The molecule has 0 spiro atoms. The zero-order valence-electron chi connectivity index (χ0n) is 10.4. The van der Waals surface area contributed by atoms with Crippen molar-refractivity contribution >= 4 is 0 Å². The van der Waals surface area contributed by atoms with Crippen molar-refractivity contribution in [2.45, 2.75) is 70.9 Å². The molecule has 1 aliphatic carbocycles. The minimum atomic E-state index is 0.373. The van der Waals surface area contributed by atoms with Crippen LogP contribution in [0.15, 0.2) is 0 Å². The van der Waals surface area contributed by atoms with Gasteiger partial charge in [-0.3, -0.25) is 0 Å². The third-order valence-corrected chi connectivity index (χ3v) is 3.61. The number of nitrogens with two attached hydrogens (primary N) is 1. The molecule has 90 valence electrons. The van der Waals surface area contributed by atoms with Gasteiger partial charge in [0.25, 0.3) is 0 Å². The molecule has 0 saturated heterocycles. The SMILES string of the molecule is CCC(N)CCCOC1CCCCC1C. The Balaban J connectivity index is 2.03. The fourth-order valence-electron chi connectivity index (χ4n) is 2.31. The molecule has 2 heteroatoms. The van der Waals surface area contributed by atoms with Gasteiger partial charge in [0.15, 0.2) is 0 Å². The van der Waals surface area contributed by atoms with Crippen LogP contribution in [0, 0.1) is 5.92 Å². The Bertz CT molecular complexity index is 161. The molecule has 0 bridgehead atoms. The second-order valence-corrected chi connectivity index (χ2v) is 4.98. The van der Waals surface area contributed by atoms with Crippen LogP contribution in [0.5, 0.6) is 0 Å². The van der Waals surface area contributed by atoms with Crippen LogP contribution in [-0.4, -0.2) is 18.8 Å². The summed E-state index contributed by atoms with van der Waals surface area (Å²) in [5.41, 5.74) is 5.86. The lowest BCUT2D eigenvalue weighted by Crippen LogP contribution is -2.26. The zero-order chi connectivity index (χ0) is 11.1. The van der Waals surface area contributed by atoms with Crippen molar-refractivity contribution in [3.63, 3.8) is 0 Å². The molecule has 0 aromatic carbocycles. The first kappa shape index (κ1) is 13.0. The van der Waals surface area contributed by atoms with E-state index < -0.39 is 0 Å². The molecule has 2 nitrogen and oxygen atoms in total. The van der Waals surface area contributed by atoms with Crippen LogP contribution in [-0.2, 0) is 4.74 Å². The minimum Gasteiger partial charge on any atom is -0.378 e. The maximum Gasteiger partial charge on any atom is 0.0600 e. The van der Waals surface area contributed by atoms with Crippen LogP contribution < -0.4 is 5.73 Å². The molecule has 1 saturated carbocycles. The van der Waals surface area contributed by atoms with Crippen LogP contribution in [0.1, 0.15) is 58.8 Å². The monoisotopic (exact) mass is 213 g/mol. The summed E-state index contributed by atoms with van der Waals surface area (Å²) < 4.78 is 5.93. The van der Waals surface area contributed by atoms with E-state index in [-0.39, 0.29) is 0 Å². The van der Waals surface area contributed by atoms with Gasteiger partial charge in [-0.05, 0) is 38.0 Å². The molecule has 0 aliphatic heterocycles. The minimum absolute atomic E-state index is 0.373. The largest absolute Gasteiger partial charge is 0.378 e. The second-order valence-electron chi connectivity index (χ2n) is 4.98. The molecule has 3 unspecified atom stereocenters. The maximum atomic E-state index is 5.93. The highest BCUT2D eigenvalue weighted by molar-refractivity contribution is 4.72. The Labute approximate surface area is 94.6 Å². The van der Waals surface area contributed by atoms with Gasteiger partial charge in [-0.2, -0.15) is 0 Å². The van der Waals surface area contributed by atoms with E-state index in [1.807, 2.05) is 0 Å². The van der Waals surface area contributed by atoms with Gasteiger partial charge in [0, 0.05) is 12.6 Å². The van der Waals surface area contributed by atoms with E-state index in [9.17, 15) is 0 Å². The molecule has 2 N–H and O–H groups in total. The molecule has 1 fully saturated rings. The van der Waals surface area contributed by atoms with Crippen molar-refractivity contribution in [2.24, 2.45) is 11.7 Å². The molecule has 3 atom stereocenters. The standard InChI is InChI=1S/C13H27NO/c1-3-12(14)8-6-10-15-13-9-5-4-7-11(13)2/h11-13H,3-10,14H2,1-2H3. The van der Waals surface area contributed by atoms with Gasteiger partial charge in [0.2, 0.25) is 0 Å². The van der Waals surface area contributed by atoms with E-state index in [1.165, 1.54) is 25.7 Å². The van der Waals surface area contributed by atoms with Gasteiger partial charge in [-0.25, -0.2) is 0 Å². The van der Waals surface area contributed by atoms with E-state index in [0.717, 1.165) is 31.8 Å². The highest BCUT2D eigenvalue weighted by atomic mass is 16.5. The lowest BCUT2D eigenvalue weighted by molar-refractivity contribution is -0.00686. The fourth-order valence-corrected chi connectivity index (χ4v) is 2.31. The molecule has 15 heavy (non-hydrogen) atoms. The topological polar surface area (TPSA) is 35.2 Å². The third kappa shape index (κ3) is 4.98. The Morgan fingerprint density at radius 1 is 1.33 bits per heavy atom. The summed E-state index contributed by atoms with van der Waals surface area (Å²) in [6.45, 7) is 5.37. The van der Waals surface area contributed by atoms with Crippen molar-refractivity contribution < 1.29 is 4.74 Å². The van der Waals surface area contributed by atoms with Crippen molar-refractivity contribution in [3.05, 3.63) is 0 Å². The Kier molecular flexibility index (Phi) is 6.26. The maximum absolute atomic E-state index is 5.93. The van der Waals surface area contributed by atoms with E-state index in [2.05, 4.69) is 13.8 Å². The molecular formula is C13H27NO. The fraction of sp³-hybridized carbons (Fsp3) is 1.00. The lowest BCUT2D eigenvalue weighted by atomic mass is 9.88. The number of ether oxygens (including phenoxy) is 1. The first-order valence-electron chi connectivity index (χ1n) is 6.61. The van der Waals surface area contributed by atoms with Crippen LogP contribution in [0.3, 0.4) is 0 Å². The highest BCUT2D eigenvalue weighted by Gasteiger charge is 2.21. The van der Waals surface area contributed by atoms with Crippen LogP contribution >= 0.6 is 0 Å². The Hall–Kier alpha value is -0.0800. The van der Waals surface area contributed by atoms with Crippen molar-refractivity contribution in [1.82, 2.24) is 0 Å². The summed E-state index contributed by atoms with van der Waals surface area (Å²) in [7, 11) is 0. The average Bonchev–Trinajstić information content (AvgIpc) is 2.26. The first-order chi connectivity index (χ1) is 7.24. The van der Waals surface area contributed by atoms with Gasteiger partial charge in [-0.15, -0.1) is 0 Å². The first-order valence-corrected chi connectivity index (χ1v) is 6.61. The summed E-state index contributed by atoms with van der Waals surface area (Å²) in [5.74, 6) is 0.763. The lowest BCUT2D eigenvalue weighted by Gasteiger charge is -2.28. The normalized spacial score (nSPS) is 29.0. The Morgan fingerprint density at radius 2 is 2.07 bits per heavy atom. The van der Waals surface area contributed by atoms with E-state index in [4.69, 9.17) is 10.5 Å². The molecule has 0 aromatic rings. The zero-order valence-corrected chi connectivity index (χ0v) is 10.4. The summed E-state index contributed by atoms with van der Waals surface area (Å²) in [6, 6.07) is 0.373. The van der Waals surface area contributed by atoms with Crippen molar-refractivity contribution in [2.75, 3.05) is 6.61 Å². The summed E-state index contributed by atoms with van der Waals surface area (Å²) in [5, 5.41) is 0. The van der Waals surface area contributed by atoms with E-state index in [1.54, 1.807) is 0 Å². The predicted octanol–water partition coefficient (Wildman–Crippen LogP) is 3.10. The van der Waals surface area contributed by atoms with Gasteiger partial charge < -0.3 is 10.5 Å². The molecule has 0 amide bonds. The van der Waals surface area contributed by atoms with Crippen molar-refractivity contribution in [1.29, 1.82) is 0 Å². The molecular weight excluding hydrogens is 186 g/mol. The van der Waals surface area contributed by atoms with Gasteiger partial charge in [0.1, 0.15) is 0 Å². The van der Waals surface area contributed by atoms with Gasteiger partial charge in [-0.1, -0.05) is 26.7 Å². The third-order valence-electron chi connectivity index (χ3n) is 3.61. The predicted molar refractivity (Wildman–Crippen MR) is 64.9 cm³/mol. The van der Waals surface area contributed by atoms with E-state index >= 15 is 0 Å². The summed E-state index contributed by atoms with van der Waals surface area (Å²) in [4.78, 5) is 0. The second kappa shape index (κ2) is 7.24. The quantitative estimate of drug-likeness (QED) is 0.688. The molecule has 1 rings (SSSR count). The summed E-state index contributed by atoms with van der Waals surface area (Å²) >= 11 is 0. The smallest absolute Gasteiger partial charge is 0.0600 e. The molecule has 0 heterocycles. The molecule has 0 radical (unpaired) electrons. The molecule has 0 aromatic heterocycles. The van der Waals surface area contributed by atoms with Gasteiger partial charge >= 0.3 is 0 Å². The highest BCUT2D eigenvalue weighted by Crippen LogP contribution is 2.26. The van der Waals surface area contributed by atoms with Crippen LogP contribution in [0.4, 0.5) is 0 Å². The van der Waals surface area contributed by atoms with Crippen LogP contribution in [0.2, 0.25) is 0 Å². The Morgan fingerprint density at radius 3 is 2.73 bits per heavy atom. The van der Waals surface area contributed by atoms with Crippen LogP contribution in [0.25, 0.3) is 0 Å².